The molecule has 2 nitrogen and oxygen atoms in total. The second-order valence-corrected chi connectivity index (χ2v) is 4.42. The van der Waals surface area contributed by atoms with Gasteiger partial charge in [0.05, 0.1) is 5.76 Å². The second kappa shape index (κ2) is 6.67. The summed E-state index contributed by atoms with van der Waals surface area (Å²) in [6.07, 6.45) is 8.45. The third kappa shape index (κ3) is 5.03. The Labute approximate surface area is 92.6 Å². The lowest BCUT2D eigenvalue weighted by Gasteiger charge is -2.21. The van der Waals surface area contributed by atoms with Gasteiger partial charge >= 0.3 is 0 Å². The smallest absolute Gasteiger partial charge is 0.106 e. The van der Waals surface area contributed by atoms with Gasteiger partial charge < -0.3 is 9.84 Å². The van der Waals surface area contributed by atoms with Gasteiger partial charge in [0.15, 0.2) is 0 Å². The van der Waals surface area contributed by atoms with Crippen molar-refractivity contribution in [3.8, 4) is 0 Å². The van der Waals surface area contributed by atoms with Crippen LogP contribution < -0.4 is 0 Å². The zero-order chi connectivity index (χ0) is 11.1. The molecule has 1 aliphatic carbocycles. The molecule has 0 bridgehead atoms. The van der Waals surface area contributed by atoms with Crippen LogP contribution >= 0.6 is 0 Å². The molecule has 0 aromatic carbocycles. The van der Waals surface area contributed by atoms with E-state index < -0.39 is 0 Å². The summed E-state index contributed by atoms with van der Waals surface area (Å²) in [5.41, 5.74) is 1.30. The molecule has 0 aliphatic heterocycles. The van der Waals surface area contributed by atoms with Gasteiger partial charge in [-0.05, 0) is 51.2 Å². The Morgan fingerprint density at radius 2 is 2.40 bits per heavy atom. The van der Waals surface area contributed by atoms with E-state index in [1.54, 1.807) is 0 Å². The van der Waals surface area contributed by atoms with Crippen molar-refractivity contribution in [3.05, 3.63) is 23.5 Å². The van der Waals surface area contributed by atoms with E-state index in [9.17, 15) is 0 Å². The lowest BCUT2D eigenvalue weighted by atomic mass is 9.91. The molecule has 0 aromatic rings. The molecule has 2 heteroatoms. The largest absolute Gasteiger partial charge is 0.494 e. The fraction of sp³-hybridized carbons (Fsp3) is 0.692. The Kier molecular flexibility index (Phi) is 5.48. The standard InChI is InChI=1S/C13H22O2/c1-11(2)8-10-15-13-5-3-12(4-6-13)7-9-14/h5,8,12,14H,3-4,6-7,9-10H2,1-2H3. The highest BCUT2D eigenvalue weighted by Crippen LogP contribution is 2.26. The summed E-state index contributed by atoms with van der Waals surface area (Å²) in [4.78, 5) is 0. The molecular formula is C13H22O2. The van der Waals surface area contributed by atoms with Crippen molar-refractivity contribution in [2.75, 3.05) is 13.2 Å². The fourth-order valence-corrected chi connectivity index (χ4v) is 1.76. The van der Waals surface area contributed by atoms with E-state index in [0.29, 0.717) is 19.1 Å². The molecule has 1 rings (SSSR count). The fourth-order valence-electron chi connectivity index (χ4n) is 1.76. The van der Waals surface area contributed by atoms with E-state index in [-0.39, 0.29) is 0 Å². The Bertz CT molecular complexity index is 237. The second-order valence-electron chi connectivity index (χ2n) is 4.42. The predicted octanol–water partition coefficient (Wildman–Crippen LogP) is 3.04. The van der Waals surface area contributed by atoms with E-state index in [1.165, 1.54) is 5.57 Å². The molecule has 1 atom stereocenters. The highest BCUT2D eigenvalue weighted by Gasteiger charge is 2.14. The SMILES string of the molecule is CC(C)=CCOC1=CCC(CCO)CC1. The zero-order valence-electron chi connectivity index (χ0n) is 9.83. The van der Waals surface area contributed by atoms with Crippen molar-refractivity contribution in [3.63, 3.8) is 0 Å². The molecule has 0 saturated heterocycles. The van der Waals surface area contributed by atoms with Crippen LogP contribution in [-0.2, 0) is 4.74 Å². The van der Waals surface area contributed by atoms with Crippen molar-refractivity contribution < 1.29 is 9.84 Å². The highest BCUT2D eigenvalue weighted by atomic mass is 16.5. The molecular weight excluding hydrogens is 188 g/mol. The molecule has 1 aliphatic rings. The van der Waals surface area contributed by atoms with Crippen LogP contribution in [0.15, 0.2) is 23.5 Å². The van der Waals surface area contributed by atoms with Crippen molar-refractivity contribution in [2.24, 2.45) is 5.92 Å². The first-order valence-electron chi connectivity index (χ1n) is 5.78. The first-order chi connectivity index (χ1) is 7.22. The average Bonchev–Trinajstić information content (AvgIpc) is 2.20. The Hall–Kier alpha value is -0.760. The molecule has 0 radical (unpaired) electrons. The maximum absolute atomic E-state index is 8.83. The quantitative estimate of drug-likeness (QED) is 0.707. The van der Waals surface area contributed by atoms with Crippen LogP contribution in [-0.4, -0.2) is 18.3 Å². The predicted molar refractivity (Wildman–Crippen MR) is 62.5 cm³/mol. The number of aliphatic hydroxyl groups excluding tert-OH is 1. The highest BCUT2D eigenvalue weighted by molar-refractivity contribution is 5.01. The number of ether oxygens (including phenoxy) is 1. The van der Waals surface area contributed by atoms with Crippen LogP contribution in [0.1, 0.15) is 39.5 Å². The van der Waals surface area contributed by atoms with Gasteiger partial charge in [-0.1, -0.05) is 5.57 Å². The van der Waals surface area contributed by atoms with Crippen LogP contribution in [0.5, 0.6) is 0 Å². The minimum atomic E-state index is 0.312. The minimum Gasteiger partial charge on any atom is -0.494 e. The van der Waals surface area contributed by atoms with Crippen molar-refractivity contribution in [2.45, 2.75) is 39.5 Å². The number of allylic oxidation sites excluding steroid dienone is 3. The molecule has 1 unspecified atom stereocenters. The van der Waals surface area contributed by atoms with Gasteiger partial charge in [-0.3, -0.25) is 0 Å². The summed E-state index contributed by atoms with van der Waals surface area (Å²) < 4.78 is 5.64. The molecule has 0 heterocycles. The molecule has 0 fully saturated rings. The van der Waals surface area contributed by atoms with Gasteiger partial charge in [-0.2, -0.15) is 0 Å². The van der Waals surface area contributed by atoms with Gasteiger partial charge in [0.25, 0.3) is 0 Å². The normalized spacial score (nSPS) is 20.7. The number of hydrogen-bond donors (Lipinski definition) is 1. The van der Waals surface area contributed by atoms with Crippen LogP contribution in [0.3, 0.4) is 0 Å². The number of aliphatic hydroxyl groups is 1. The minimum absolute atomic E-state index is 0.312. The first-order valence-corrected chi connectivity index (χ1v) is 5.78. The molecule has 15 heavy (non-hydrogen) atoms. The van der Waals surface area contributed by atoms with Crippen molar-refractivity contribution >= 4 is 0 Å². The molecule has 0 amide bonds. The number of rotatable bonds is 5. The number of hydrogen-bond acceptors (Lipinski definition) is 2. The summed E-state index contributed by atoms with van der Waals surface area (Å²) in [6.45, 7) is 5.16. The third-order valence-corrected chi connectivity index (χ3v) is 2.78. The van der Waals surface area contributed by atoms with Gasteiger partial charge in [-0.15, -0.1) is 0 Å². The summed E-state index contributed by atoms with van der Waals surface area (Å²) in [5.74, 6) is 1.78. The molecule has 86 valence electrons. The molecule has 0 spiro atoms. The van der Waals surface area contributed by atoms with E-state index in [1.807, 2.05) is 0 Å². The van der Waals surface area contributed by atoms with E-state index in [4.69, 9.17) is 9.84 Å². The summed E-state index contributed by atoms with van der Waals surface area (Å²) >= 11 is 0. The Morgan fingerprint density at radius 1 is 1.60 bits per heavy atom. The molecule has 0 saturated carbocycles. The van der Waals surface area contributed by atoms with Crippen LogP contribution in [0.4, 0.5) is 0 Å². The maximum atomic E-state index is 8.83. The first kappa shape index (κ1) is 12.3. The molecule has 0 aromatic heterocycles. The topological polar surface area (TPSA) is 29.5 Å². The summed E-state index contributed by atoms with van der Waals surface area (Å²) in [7, 11) is 0. The van der Waals surface area contributed by atoms with Crippen molar-refractivity contribution in [1.82, 2.24) is 0 Å². The summed E-state index contributed by atoms with van der Waals surface area (Å²) in [6, 6.07) is 0. The van der Waals surface area contributed by atoms with Crippen LogP contribution in [0, 0.1) is 5.92 Å². The molecule has 1 N–H and O–H groups in total. The zero-order valence-corrected chi connectivity index (χ0v) is 9.83. The van der Waals surface area contributed by atoms with Crippen LogP contribution in [0.2, 0.25) is 0 Å². The monoisotopic (exact) mass is 210 g/mol. The average molecular weight is 210 g/mol. The van der Waals surface area contributed by atoms with Gasteiger partial charge in [0.2, 0.25) is 0 Å². The lowest BCUT2D eigenvalue weighted by Crippen LogP contribution is -2.09. The van der Waals surface area contributed by atoms with Gasteiger partial charge in [0.1, 0.15) is 6.61 Å². The Balaban J connectivity index is 2.25. The van der Waals surface area contributed by atoms with Gasteiger partial charge in [0, 0.05) is 13.0 Å². The summed E-state index contributed by atoms with van der Waals surface area (Å²) in [5, 5.41) is 8.83. The Morgan fingerprint density at radius 3 is 2.93 bits per heavy atom. The van der Waals surface area contributed by atoms with E-state index in [2.05, 4.69) is 26.0 Å². The van der Waals surface area contributed by atoms with Gasteiger partial charge in [-0.25, -0.2) is 0 Å². The maximum Gasteiger partial charge on any atom is 0.106 e. The van der Waals surface area contributed by atoms with E-state index >= 15 is 0 Å². The van der Waals surface area contributed by atoms with Crippen LogP contribution in [0.25, 0.3) is 0 Å². The van der Waals surface area contributed by atoms with Crippen molar-refractivity contribution in [1.29, 1.82) is 0 Å². The van der Waals surface area contributed by atoms with E-state index in [0.717, 1.165) is 31.4 Å². The lowest BCUT2D eigenvalue weighted by molar-refractivity contribution is 0.203. The third-order valence-electron chi connectivity index (χ3n) is 2.78.